The minimum Gasteiger partial charge on any atom is -0.459 e. The van der Waals surface area contributed by atoms with Crippen LogP contribution in [0.15, 0.2) is 64.2 Å². The molecule has 0 aliphatic carbocycles. The van der Waals surface area contributed by atoms with E-state index in [1.165, 1.54) is 10.6 Å². The Labute approximate surface area is 179 Å². The van der Waals surface area contributed by atoms with Crippen LogP contribution in [0.2, 0.25) is 0 Å². The van der Waals surface area contributed by atoms with Crippen LogP contribution in [-0.4, -0.2) is 58.8 Å². The first-order chi connectivity index (χ1) is 14.5. The lowest BCUT2D eigenvalue weighted by Gasteiger charge is -2.43. The van der Waals surface area contributed by atoms with Crippen LogP contribution in [0.5, 0.6) is 0 Å². The first-order valence-electron chi connectivity index (χ1n) is 9.85. The molecule has 1 spiro atoms. The monoisotopic (exact) mass is 443 g/mol. The highest BCUT2D eigenvalue weighted by Crippen LogP contribution is 2.45. The predicted octanol–water partition coefficient (Wildman–Crippen LogP) is 3.20. The molecule has 2 saturated heterocycles. The van der Waals surface area contributed by atoms with Gasteiger partial charge in [-0.2, -0.15) is 4.31 Å². The van der Waals surface area contributed by atoms with Crippen LogP contribution in [0.3, 0.4) is 0 Å². The molecule has 2 aromatic heterocycles. The Balaban J connectivity index is 1.39. The van der Waals surface area contributed by atoms with E-state index >= 15 is 0 Å². The molecule has 0 atom stereocenters. The number of furan rings is 1. The highest BCUT2D eigenvalue weighted by atomic mass is 32.2. The van der Waals surface area contributed by atoms with Gasteiger partial charge in [0.2, 0.25) is 10.0 Å². The fourth-order valence-corrected chi connectivity index (χ4v) is 7.40. The van der Waals surface area contributed by atoms with Crippen molar-refractivity contribution in [2.45, 2.75) is 22.6 Å². The summed E-state index contributed by atoms with van der Waals surface area (Å²) in [6.07, 6.45) is 4.28. The molecule has 3 aromatic rings. The number of hydrogen-bond acceptors (Lipinski definition) is 6. The molecule has 0 saturated carbocycles. The zero-order chi connectivity index (χ0) is 20.8. The Bertz CT molecular complexity index is 1180. The van der Waals surface area contributed by atoms with Gasteiger partial charge in [0, 0.05) is 37.0 Å². The standard InChI is InChI=1S/C21H21N3O4S2/c25-20(17-6-3-14-28-17)24-13-15-29-21(24)8-11-23(12-9-21)30(26,27)18-7-1-4-16-5-2-10-22-19(16)18/h1-7,10,14H,8-9,11-13,15H2. The number of sulfonamides is 1. The van der Waals surface area contributed by atoms with Crippen molar-refractivity contribution in [1.29, 1.82) is 0 Å². The maximum atomic E-state index is 13.4. The Morgan fingerprint density at radius 1 is 1.07 bits per heavy atom. The molecule has 2 fully saturated rings. The maximum Gasteiger partial charge on any atom is 0.290 e. The van der Waals surface area contributed by atoms with Gasteiger partial charge in [0.1, 0.15) is 4.90 Å². The summed E-state index contributed by atoms with van der Waals surface area (Å²) in [6.45, 7) is 1.37. The van der Waals surface area contributed by atoms with E-state index in [1.807, 2.05) is 17.0 Å². The topological polar surface area (TPSA) is 83.7 Å². The Hall–Kier alpha value is -2.36. The fourth-order valence-electron chi connectivity index (χ4n) is 4.34. The van der Waals surface area contributed by atoms with Crippen LogP contribution in [0.1, 0.15) is 23.4 Å². The van der Waals surface area contributed by atoms with E-state index in [-0.39, 0.29) is 15.7 Å². The third-order valence-electron chi connectivity index (χ3n) is 5.87. The predicted molar refractivity (Wildman–Crippen MR) is 115 cm³/mol. The van der Waals surface area contributed by atoms with E-state index in [2.05, 4.69) is 4.98 Å². The van der Waals surface area contributed by atoms with Crippen molar-refractivity contribution >= 4 is 38.6 Å². The smallest absolute Gasteiger partial charge is 0.290 e. The highest BCUT2D eigenvalue weighted by molar-refractivity contribution is 8.00. The van der Waals surface area contributed by atoms with Gasteiger partial charge in [-0.25, -0.2) is 8.42 Å². The number of aromatic nitrogens is 1. The summed E-state index contributed by atoms with van der Waals surface area (Å²) >= 11 is 1.74. The number of carbonyl (C=O) groups excluding carboxylic acids is 1. The number of rotatable bonds is 3. The van der Waals surface area contributed by atoms with Crippen LogP contribution in [0.4, 0.5) is 0 Å². The van der Waals surface area contributed by atoms with Crippen LogP contribution < -0.4 is 0 Å². The molecule has 2 aliphatic heterocycles. The van der Waals surface area contributed by atoms with Crippen molar-refractivity contribution in [3.05, 3.63) is 60.7 Å². The first-order valence-corrected chi connectivity index (χ1v) is 12.3. The maximum absolute atomic E-state index is 13.4. The van der Waals surface area contributed by atoms with Gasteiger partial charge in [0.05, 0.1) is 16.7 Å². The molecular weight excluding hydrogens is 422 g/mol. The van der Waals surface area contributed by atoms with E-state index in [0.29, 0.717) is 43.8 Å². The van der Waals surface area contributed by atoms with E-state index in [0.717, 1.165) is 11.1 Å². The number of hydrogen-bond donors (Lipinski definition) is 0. The molecule has 5 rings (SSSR count). The van der Waals surface area contributed by atoms with Crippen molar-refractivity contribution in [3.63, 3.8) is 0 Å². The molecule has 1 aromatic carbocycles. The number of piperidine rings is 1. The van der Waals surface area contributed by atoms with Crippen molar-refractivity contribution in [3.8, 4) is 0 Å². The summed E-state index contributed by atoms with van der Waals surface area (Å²) < 4.78 is 33.6. The zero-order valence-corrected chi connectivity index (χ0v) is 17.9. The number of pyridine rings is 1. The molecule has 9 heteroatoms. The van der Waals surface area contributed by atoms with Gasteiger partial charge < -0.3 is 9.32 Å². The Morgan fingerprint density at radius 2 is 1.87 bits per heavy atom. The molecule has 30 heavy (non-hydrogen) atoms. The van der Waals surface area contributed by atoms with Crippen molar-refractivity contribution in [1.82, 2.24) is 14.2 Å². The number of para-hydroxylation sites is 1. The molecule has 0 N–H and O–H groups in total. The number of thioether (sulfide) groups is 1. The van der Waals surface area contributed by atoms with Crippen molar-refractivity contribution in [2.75, 3.05) is 25.4 Å². The van der Waals surface area contributed by atoms with Crippen LogP contribution >= 0.6 is 11.8 Å². The number of fused-ring (bicyclic) bond motifs is 1. The second kappa shape index (κ2) is 7.40. The summed E-state index contributed by atoms with van der Waals surface area (Å²) in [5, 5.41) is 0.800. The van der Waals surface area contributed by atoms with Crippen molar-refractivity contribution < 1.29 is 17.6 Å². The van der Waals surface area contributed by atoms with E-state index in [1.54, 1.807) is 48.3 Å². The van der Waals surface area contributed by atoms with Crippen LogP contribution in [-0.2, 0) is 10.0 Å². The molecule has 156 valence electrons. The summed E-state index contributed by atoms with van der Waals surface area (Å²) in [5.41, 5.74) is 0.491. The molecule has 1 amide bonds. The summed E-state index contributed by atoms with van der Waals surface area (Å²) in [5.74, 6) is 1.04. The number of benzene rings is 1. The fraction of sp³-hybridized carbons (Fsp3) is 0.333. The highest BCUT2D eigenvalue weighted by Gasteiger charge is 2.48. The molecule has 0 radical (unpaired) electrons. The second-order valence-electron chi connectivity index (χ2n) is 7.46. The zero-order valence-electron chi connectivity index (χ0n) is 16.2. The summed E-state index contributed by atoms with van der Waals surface area (Å²) in [7, 11) is -3.68. The van der Waals surface area contributed by atoms with Crippen LogP contribution in [0.25, 0.3) is 10.9 Å². The van der Waals surface area contributed by atoms with E-state index in [9.17, 15) is 13.2 Å². The molecule has 7 nitrogen and oxygen atoms in total. The largest absolute Gasteiger partial charge is 0.459 e. The SMILES string of the molecule is O=C(c1ccco1)N1CCSC12CCN(S(=O)(=O)c1cccc3cccnc13)CC2. The van der Waals surface area contributed by atoms with Gasteiger partial charge in [-0.1, -0.05) is 18.2 Å². The Kier molecular flexibility index (Phi) is 4.83. The average Bonchev–Trinajstić information content (AvgIpc) is 3.44. The van der Waals surface area contributed by atoms with E-state index in [4.69, 9.17) is 4.42 Å². The molecule has 0 bridgehead atoms. The number of carbonyl (C=O) groups is 1. The lowest BCUT2D eigenvalue weighted by atomic mass is 10.0. The quantitative estimate of drug-likeness (QED) is 0.618. The normalized spacial score (nSPS) is 19.5. The van der Waals surface area contributed by atoms with Gasteiger partial charge in [-0.15, -0.1) is 11.8 Å². The van der Waals surface area contributed by atoms with Gasteiger partial charge in [0.25, 0.3) is 5.91 Å². The lowest BCUT2D eigenvalue weighted by Crippen LogP contribution is -2.53. The van der Waals surface area contributed by atoms with Crippen molar-refractivity contribution in [2.24, 2.45) is 0 Å². The number of nitrogens with zero attached hydrogens (tertiary/aromatic N) is 3. The molecule has 4 heterocycles. The second-order valence-corrected chi connectivity index (χ2v) is 10.8. The van der Waals surface area contributed by atoms with Gasteiger partial charge in [-0.3, -0.25) is 9.78 Å². The van der Waals surface area contributed by atoms with Crippen LogP contribution in [0, 0.1) is 0 Å². The summed E-state index contributed by atoms with van der Waals surface area (Å²) in [6, 6.07) is 12.3. The minimum absolute atomic E-state index is 0.125. The summed E-state index contributed by atoms with van der Waals surface area (Å²) in [4.78, 5) is 18.9. The average molecular weight is 444 g/mol. The Morgan fingerprint density at radius 3 is 2.63 bits per heavy atom. The molecular formula is C21H21N3O4S2. The van der Waals surface area contributed by atoms with Gasteiger partial charge in [0.15, 0.2) is 5.76 Å². The van der Waals surface area contributed by atoms with Gasteiger partial charge >= 0.3 is 0 Å². The lowest BCUT2D eigenvalue weighted by molar-refractivity contribution is 0.0573. The van der Waals surface area contributed by atoms with E-state index < -0.39 is 10.0 Å². The van der Waals surface area contributed by atoms with Gasteiger partial charge in [-0.05, 0) is 37.1 Å². The first kappa shape index (κ1) is 19.6. The minimum atomic E-state index is -3.68. The molecule has 0 unspecified atom stereocenters. The number of amides is 1. The third-order valence-corrected chi connectivity index (χ3v) is 9.35. The molecule has 2 aliphatic rings. The third kappa shape index (κ3) is 3.12.